The Hall–Kier alpha value is -0.470. The zero-order chi connectivity index (χ0) is 14.5. The van der Waals surface area contributed by atoms with Crippen molar-refractivity contribution in [1.82, 2.24) is 4.37 Å². The number of thioether (sulfide) groups is 1. The van der Waals surface area contributed by atoms with E-state index in [0.29, 0.717) is 0 Å². The Morgan fingerprint density at radius 3 is 2.70 bits per heavy atom. The molecule has 1 aromatic heterocycles. The van der Waals surface area contributed by atoms with Crippen LogP contribution < -0.4 is 10.6 Å². The van der Waals surface area contributed by atoms with Crippen molar-refractivity contribution in [3.05, 3.63) is 0 Å². The summed E-state index contributed by atoms with van der Waals surface area (Å²) in [4.78, 5) is 2.42. The number of hydrogen-bond donors (Lipinski definition) is 1. The third kappa shape index (κ3) is 2.53. The van der Waals surface area contributed by atoms with Crippen molar-refractivity contribution in [2.75, 3.05) is 29.5 Å². The molecule has 2 aliphatic rings. The molecular weight excluding hydrogens is 314 g/mol. The zero-order valence-corrected chi connectivity index (χ0v) is 14.1. The van der Waals surface area contributed by atoms with Gasteiger partial charge in [-0.3, -0.25) is 0 Å². The highest BCUT2D eigenvalue weighted by Crippen LogP contribution is 2.44. The lowest BCUT2D eigenvalue weighted by atomic mass is 10.2. The maximum atomic E-state index is 12.6. The van der Waals surface area contributed by atoms with E-state index in [9.17, 15) is 8.42 Å². The molecule has 1 saturated heterocycles. The lowest BCUT2D eigenvalue weighted by molar-refractivity contribution is 0.593. The molecule has 20 heavy (non-hydrogen) atoms. The third-order valence-corrected chi connectivity index (χ3v) is 8.29. The quantitative estimate of drug-likeness (QED) is 0.911. The Morgan fingerprint density at radius 2 is 2.10 bits per heavy atom. The van der Waals surface area contributed by atoms with Gasteiger partial charge in [0.15, 0.2) is 15.7 Å². The Labute approximate surface area is 128 Å². The summed E-state index contributed by atoms with van der Waals surface area (Å²) in [5, 5.41) is 0.495. The largest absolute Gasteiger partial charge is 0.382 e. The summed E-state index contributed by atoms with van der Waals surface area (Å²) in [6.07, 6.45) is 1.50. The Morgan fingerprint density at radius 1 is 1.40 bits per heavy atom. The third-order valence-electron chi connectivity index (χ3n) is 3.62. The molecule has 0 atom stereocenters. The van der Waals surface area contributed by atoms with Gasteiger partial charge in [-0.1, -0.05) is 0 Å². The number of hydrogen-bond acceptors (Lipinski definition) is 7. The molecule has 2 N–H and O–H groups in total. The second kappa shape index (κ2) is 4.78. The highest BCUT2D eigenvalue weighted by Gasteiger charge is 2.42. The molecule has 0 spiro atoms. The lowest BCUT2D eigenvalue weighted by Gasteiger charge is -2.38. The fourth-order valence-electron chi connectivity index (χ4n) is 2.49. The van der Waals surface area contributed by atoms with Crippen molar-refractivity contribution in [2.45, 2.75) is 41.6 Å². The predicted molar refractivity (Wildman–Crippen MR) is 85.5 cm³/mol. The minimum Gasteiger partial charge on any atom is -0.382 e. The fourth-order valence-corrected chi connectivity index (χ4v) is 6.65. The molecular formula is C12H19N3O2S3. The standard InChI is InChI=1S/C12H19N3O2S3/c1-12(2)7-15(5-6-18-12)11-9(10(13)14-19-11)20(16,17)8-3-4-8/h8H,3-7H2,1-2H3,(H2,13,14). The molecule has 0 unspecified atom stereocenters. The van der Waals surface area contributed by atoms with Crippen LogP contribution in [0.1, 0.15) is 26.7 Å². The van der Waals surface area contributed by atoms with Crippen LogP contribution in [-0.2, 0) is 9.84 Å². The predicted octanol–water partition coefficient (Wildman–Crippen LogP) is 1.99. The van der Waals surface area contributed by atoms with Crippen LogP contribution in [-0.4, -0.2) is 41.6 Å². The molecule has 1 saturated carbocycles. The van der Waals surface area contributed by atoms with E-state index < -0.39 is 9.84 Å². The minimum atomic E-state index is -3.30. The van der Waals surface area contributed by atoms with Crippen LogP contribution in [0.25, 0.3) is 0 Å². The van der Waals surface area contributed by atoms with E-state index in [-0.39, 0.29) is 20.7 Å². The van der Waals surface area contributed by atoms with Gasteiger partial charge >= 0.3 is 0 Å². The summed E-state index contributed by atoms with van der Waals surface area (Å²) in [5.74, 6) is 1.17. The SMILES string of the molecule is CC1(C)CN(c2snc(N)c2S(=O)(=O)C2CC2)CCS1. The Bertz CT molecular complexity index is 620. The van der Waals surface area contributed by atoms with Crippen LogP contribution in [0.5, 0.6) is 0 Å². The monoisotopic (exact) mass is 333 g/mol. The van der Waals surface area contributed by atoms with Gasteiger partial charge in [0.05, 0.1) is 5.25 Å². The molecule has 2 fully saturated rings. The van der Waals surface area contributed by atoms with E-state index in [2.05, 4.69) is 23.1 Å². The van der Waals surface area contributed by atoms with E-state index in [4.69, 9.17) is 5.73 Å². The van der Waals surface area contributed by atoms with Crippen molar-refractivity contribution in [1.29, 1.82) is 0 Å². The van der Waals surface area contributed by atoms with Gasteiger partial charge in [0.1, 0.15) is 9.90 Å². The second-order valence-corrected chi connectivity index (χ2v) is 10.7. The van der Waals surface area contributed by atoms with Gasteiger partial charge in [-0.15, -0.1) is 0 Å². The van der Waals surface area contributed by atoms with Crippen molar-refractivity contribution < 1.29 is 8.42 Å². The van der Waals surface area contributed by atoms with E-state index in [1.54, 1.807) is 0 Å². The van der Waals surface area contributed by atoms with Crippen LogP contribution in [0, 0.1) is 0 Å². The zero-order valence-electron chi connectivity index (χ0n) is 11.6. The Kier molecular flexibility index (Phi) is 3.45. The molecule has 3 rings (SSSR count). The van der Waals surface area contributed by atoms with Crippen molar-refractivity contribution in [3.63, 3.8) is 0 Å². The van der Waals surface area contributed by atoms with Crippen LogP contribution in [0.3, 0.4) is 0 Å². The molecule has 1 aliphatic heterocycles. The topological polar surface area (TPSA) is 76.3 Å². The summed E-state index contributed by atoms with van der Waals surface area (Å²) in [6, 6.07) is 0. The molecule has 2 heterocycles. The highest BCUT2D eigenvalue weighted by atomic mass is 32.2. The summed E-state index contributed by atoms with van der Waals surface area (Å²) in [6.45, 7) is 6.04. The molecule has 0 amide bonds. The van der Waals surface area contributed by atoms with Gasteiger partial charge in [-0.05, 0) is 38.2 Å². The molecule has 112 valence electrons. The Balaban J connectivity index is 1.99. The highest BCUT2D eigenvalue weighted by molar-refractivity contribution is 8.00. The average Bonchev–Trinajstić information content (AvgIpc) is 3.12. The molecule has 8 heteroatoms. The number of anilines is 2. The molecule has 1 aromatic rings. The first-order chi connectivity index (χ1) is 9.31. The van der Waals surface area contributed by atoms with Crippen LogP contribution >= 0.6 is 23.3 Å². The normalized spacial score (nSPS) is 23.0. The first-order valence-electron chi connectivity index (χ1n) is 6.69. The first-order valence-corrected chi connectivity index (χ1v) is 10.00. The van der Waals surface area contributed by atoms with Crippen LogP contribution in [0.2, 0.25) is 0 Å². The molecule has 0 radical (unpaired) electrons. The van der Waals surface area contributed by atoms with Gasteiger partial charge in [-0.25, -0.2) is 8.42 Å². The van der Waals surface area contributed by atoms with Crippen molar-refractivity contribution >= 4 is 44.0 Å². The number of sulfone groups is 1. The van der Waals surface area contributed by atoms with Gasteiger partial charge in [-0.2, -0.15) is 16.1 Å². The minimum absolute atomic E-state index is 0.123. The van der Waals surface area contributed by atoms with Crippen molar-refractivity contribution in [3.8, 4) is 0 Å². The van der Waals surface area contributed by atoms with Gasteiger partial charge in [0.25, 0.3) is 0 Å². The van der Waals surface area contributed by atoms with Crippen LogP contribution in [0.4, 0.5) is 10.8 Å². The number of aromatic nitrogens is 1. The lowest BCUT2D eigenvalue weighted by Crippen LogP contribution is -2.43. The van der Waals surface area contributed by atoms with E-state index in [1.165, 1.54) is 11.5 Å². The summed E-state index contributed by atoms with van der Waals surface area (Å²) in [5.41, 5.74) is 5.86. The van der Waals surface area contributed by atoms with Gasteiger partial charge in [0, 0.05) is 23.6 Å². The second-order valence-electron chi connectivity index (χ2n) is 5.98. The number of nitrogens with zero attached hydrogens (tertiary/aromatic N) is 2. The average molecular weight is 334 g/mol. The smallest absolute Gasteiger partial charge is 0.187 e. The van der Waals surface area contributed by atoms with E-state index in [1.807, 2.05) is 11.8 Å². The first kappa shape index (κ1) is 14.5. The molecule has 0 aromatic carbocycles. The summed E-state index contributed by atoms with van der Waals surface area (Å²) < 4.78 is 29.3. The molecule has 5 nitrogen and oxygen atoms in total. The van der Waals surface area contributed by atoms with Crippen molar-refractivity contribution in [2.24, 2.45) is 0 Å². The maximum absolute atomic E-state index is 12.6. The molecule has 0 bridgehead atoms. The van der Waals surface area contributed by atoms with Crippen LogP contribution in [0.15, 0.2) is 4.90 Å². The maximum Gasteiger partial charge on any atom is 0.187 e. The summed E-state index contributed by atoms with van der Waals surface area (Å²) in [7, 11) is -3.30. The van der Waals surface area contributed by atoms with Gasteiger partial charge < -0.3 is 10.6 Å². The van der Waals surface area contributed by atoms with E-state index >= 15 is 0 Å². The number of nitrogens with two attached hydrogens (primary N) is 1. The number of rotatable bonds is 3. The van der Waals surface area contributed by atoms with Gasteiger partial charge in [0.2, 0.25) is 0 Å². The fraction of sp³-hybridized carbons (Fsp3) is 0.750. The molecule has 1 aliphatic carbocycles. The number of nitrogen functional groups attached to an aromatic ring is 1. The summed E-state index contributed by atoms with van der Waals surface area (Å²) >= 11 is 3.14. The van der Waals surface area contributed by atoms with E-state index in [0.717, 1.165) is 36.7 Å².